The van der Waals surface area contributed by atoms with Gasteiger partial charge in [-0.2, -0.15) is 13.2 Å². The Hall–Kier alpha value is -2.58. The van der Waals surface area contributed by atoms with E-state index in [1.165, 1.54) is 17.0 Å². The maximum atomic E-state index is 12.7. The molecule has 122 valence electrons. The molecular weight excluding hydrogens is 315 g/mol. The molecule has 2 aliphatic heterocycles. The zero-order chi connectivity index (χ0) is 16.8. The molecule has 0 atom stereocenters. The number of alkyl halides is 3. The standard InChI is InChI=1S/C14H12F3N3O3/c15-14(16,17)9-3-1-2-8(4-9)12(22)19-6-10(7-19)20-11(21)5-18-13(20)23/h1-4,10H,5-7H2,(H,18,23). The van der Waals surface area contributed by atoms with Crippen LogP contribution < -0.4 is 5.32 Å². The first-order valence-corrected chi connectivity index (χ1v) is 6.84. The van der Waals surface area contributed by atoms with E-state index in [0.29, 0.717) is 0 Å². The van der Waals surface area contributed by atoms with E-state index in [9.17, 15) is 27.6 Å². The van der Waals surface area contributed by atoms with E-state index >= 15 is 0 Å². The molecule has 1 N–H and O–H groups in total. The molecular formula is C14H12F3N3O3. The molecule has 23 heavy (non-hydrogen) atoms. The van der Waals surface area contributed by atoms with Crippen LogP contribution in [-0.2, 0) is 11.0 Å². The van der Waals surface area contributed by atoms with Gasteiger partial charge in [-0.05, 0) is 18.2 Å². The number of imide groups is 1. The fourth-order valence-electron chi connectivity index (χ4n) is 2.60. The number of likely N-dealkylation sites (tertiary alicyclic amines) is 1. The van der Waals surface area contributed by atoms with Crippen molar-refractivity contribution in [3.8, 4) is 0 Å². The van der Waals surface area contributed by atoms with Crippen molar-refractivity contribution in [1.29, 1.82) is 0 Å². The highest BCUT2D eigenvalue weighted by atomic mass is 19.4. The van der Waals surface area contributed by atoms with Gasteiger partial charge >= 0.3 is 12.2 Å². The predicted octanol–water partition coefficient (Wildman–Crippen LogP) is 1.08. The highest BCUT2D eigenvalue weighted by molar-refractivity contribution is 6.03. The first-order valence-electron chi connectivity index (χ1n) is 6.84. The highest BCUT2D eigenvalue weighted by Gasteiger charge is 2.43. The molecule has 2 fully saturated rings. The van der Waals surface area contributed by atoms with Crippen molar-refractivity contribution in [1.82, 2.24) is 15.1 Å². The van der Waals surface area contributed by atoms with Crippen molar-refractivity contribution in [3.63, 3.8) is 0 Å². The summed E-state index contributed by atoms with van der Waals surface area (Å²) in [7, 11) is 0. The van der Waals surface area contributed by atoms with Gasteiger partial charge in [0.15, 0.2) is 0 Å². The van der Waals surface area contributed by atoms with Crippen LogP contribution in [0.25, 0.3) is 0 Å². The zero-order valence-corrected chi connectivity index (χ0v) is 11.8. The maximum Gasteiger partial charge on any atom is 0.416 e. The smallest absolute Gasteiger partial charge is 0.334 e. The van der Waals surface area contributed by atoms with Crippen LogP contribution in [0.4, 0.5) is 18.0 Å². The number of nitrogens with zero attached hydrogens (tertiary/aromatic N) is 2. The number of hydrogen-bond donors (Lipinski definition) is 1. The third-order valence-electron chi connectivity index (χ3n) is 3.83. The van der Waals surface area contributed by atoms with Crippen molar-refractivity contribution < 1.29 is 27.6 Å². The molecule has 0 radical (unpaired) electrons. The molecule has 0 aromatic heterocycles. The Bertz CT molecular complexity index is 667. The summed E-state index contributed by atoms with van der Waals surface area (Å²) in [5, 5.41) is 2.38. The Morgan fingerprint density at radius 3 is 2.48 bits per heavy atom. The Morgan fingerprint density at radius 1 is 1.22 bits per heavy atom. The second-order valence-corrected chi connectivity index (χ2v) is 5.36. The van der Waals surface area contributed by atoms with Gasteiger partial charge in [-0.3, -0.25) is 14.5 Å². The predicted molar refractivity (Wildman–Crippen MR) is 71.4 cm³/mol. The van der Waals surface area contributed by atoms with Gasteiger partial charge in [-0.1, -0.05) is 6.07 Å². The van der Waals surface area contributed by atoms with Crippen molar-refractivity contribution in [3.05, 3.63) is 35.4 Å². The van der Waals surface area contributed by atoms with Gasteiger partial charge < -0.3 is 10.2 Å². The summed E-state index contributed by atoms with van der Waals surface area (Å²) < 4.78 is 38.0. The molecule has 1 aromatic rings. The van der Waals surface area contributed by atoms with Crippen LogP contribution in [0.1, 0.15) is 15.9 Å². The minimum atomic E-state index is -4.52. The van der Waals surface area contributed by atoms with E-state index in [1.54, 1.807) is 0 Å². The second-order valence-electron chi connectivity index (χ2n) is 5.36. The van der Waals surface area contributed by atoms with Gasteiger partial charge in [0, 0.05) is 18.7 Å². The molecule has 1 aromatic carbocycles. The van der Waals surface area contributed by atoms with E-state index in [1.807, 2.05) is 0 Å². The van der Waals surface area contributed by atoms with E-state index in [0.717, 1.165) is 17.0 Å². The Kier molecular flexibility index (Phi) is 3.50. The summed E-state index contributed by atoms with van der Waals surface area (Å²) in [5.74, 6) is -0.925. The van der Waals surface area contributed by atoms with E-state index in [-0.39, 0.29) is 31.1 Å². The van der Waals surface area contributed by atoms with Gasteiger partial charge in [-0.15, -0.1) is 0 Å². The van der Waals surface area contributed by atoms with E-state index in [4.69, 9.17) is 0 Å². The summed E-state index contributed by atoms with van der Waals surface area (Å²) in [6.07, 6.45) is -4.52. The molecule has 0 spiro atoms. The fraction of sp³-hybridized carbons (Fsp3) is 0.357. The lowest BCUT2D eigenvalue weighted by Gasteiger charge is -2.42. The summed E-state index contributed by atoms with van der Waals surface area (Å²) in [6, 6.07) is 3.22. The highest BCUT2D eigenvalue weighted by Crippen LogP contribution is 2.30. The van der Waals surface area contributed by atoms with Gasteiger partial charge in [0.2, 0.25) is 5.91 Å². The number of rotatable bonds is 2. The number of urea groups is 1. The van der Waals surface area contributed by atoms with Crippen molar-refractivity contribution in [2.45, 2.75) is 12.2 Å². The number of amides is 4. The molecule has 0 saturated carbocycles. The quantitative estimate of drug-likeness (QED) is 0.827. The topological polar surface area (TPSA) is 69.7 Å². The third-order valence-corrected chi connectivity index (χ3v) is 3.83. The van der Waals surface area contributed by atoms with E-state index in [2.05, 4.69) is 5.32 Å². The Labute approximate surface area is 128 Å². The van der Waals surface area contributed by atoms with Gasteiger partial charge in [0.05, 0.1) is 18.2 Å². The maximum absolute atomic E-state index is 12.7. The normalized spacial score (nSPS) is 18.9. The first kappa shape index (κ1) is 15.3. The number of nitrogens with one attached hydrogen (secondary N) is 1. The largest absolute Gasteiger partial charge is 0.416 e. The van der Waals surface area contributed by atoms with E-state index < -0.39 is 29.7 Å². The SMILES string of the molecule is O=C(c1cccc(C(F)(F)F)c1)N1CC(N2C(=O)CNC2=O)C1. The lowest BCUT2D eigenvalue weighted by atomic mass is 10.0. The Balaban J connectivity index is 1.67. The van der Waals surface area contributed by atoms with Crippen LogP contribution in [0.2, 0.25) is 0 Å². The molecule has 0 bridgehead atoms. The van der Waals surface area contributed by atoms with Crippen LogP contribution in [-0.4, -0.2) is 53.3 Å². The molecule has 2 aliphatic rings. The number of hydrogen-bond acceptors (Lipinski definition) is 3. The van der Waals surface area contributed by atoms with Crippen LogP contribution in [0, 0.1) is 0 Å². The molecule has 2 saturated heterocycles. The monoisotopic (exact) mass is 327 g/mol. The van der Waals surface area contributed by atoms with Crippen LogP contribution in [0.15, 0.2) is 24.3 Å². The molecule has 0 unspecified atom stereocenters. The fourth-order valence-corrected chi connectivity index (χ4v) is 2.60. The third kappa shape index (κ3) is 2.73. The Morgan fingerprint density at radius 2 is 1.91 bits per heavy atom. The average Bonchev–Trinajstić information content (AvgIpc) is 2.77. The molecule has 3 rings (SSSR count). The second kappa shape index (κ2) is 5.25. The van der Waals surface area contributed by atoms with Crippen LogP contribution in [0.3, 0.4) is 0 Å². The number of carbonyl (C=O) groups is 3. The molecule has 4 amide bonds. The van der Waals surface area contributed by atoms with Crippen molar-refractivity contribution in [2.75, 3.05) is 19.6 Å². The van der Waals surface area contributed by atoms with Crippen molar-refractivity contribution >= 4 is 17.8 Å². The van der Waals surface area contributed by atoms with Gasteiger partial charge in [-0.25, -0.2) is 4.79 Å². The summed E-state index contributed by atoms with van der Waals surface area (Å²) in [5.41, 5.74) is -0.968. The molecule has 6 nitrogen and oxygen atoms in total. The minimum absolute atomic E-state index is 0.0725. The summed E-state index contributed by atoms with van der Waals surface area (Å²) >= 11 is 0. The van der Waals surface area contributed by atoms with Crippen molar-refractivity contribution in [2.24, 2.45) is 0 Å². The van der Waals surface area contributed by atoms with Gasteiger partial charge in [0.1, 0.15) is 0 Å². The summed E-state index contributed by atoms with van der Waals surface area (Å²) in [4.78, 5) is 37.6. The molecule has 0 aliphatic carbocycles. The lowest BCUT2D eigenvalue weighted by molar-refractivity contribution is -0.137. The minimum Gasteiger partial charge on any atom is -0.334 e. The number of halogens is 3. The summed E-state index contributed by atoms with van der Waals surface area (Å²) in [6.45, 7) is 0.166. The van der Waals surface area contributed by atoms with Crippen LogP contribution in [0.5, 0.6) is 0 Å². The first-order chi connectivity index (χ1) is 10.8. The zero-order valence-electron chi connectivity index (χ0n) is 11.8. The lowest BCUT2D eigenvalue weighted by Crippen LogP contribution is -2.62. The van der Waals surface area contributed by atoms with Crippen LogP contribution >= 0.6 is 0 Å². The average molecular weight is 327 g/mol. The number of carbonyl (C=O) groups excluding carboxylic acids is 3. The van der Waals surface area contributed by atoms with Gasteiger partial charge in [0.25, 0.3) is 5.91 Å². The molecule has 2 heterocycles. The number of benzene rings is 1. The molecule has 9 heteroatoms.